The molecule has 0 aliphatic heterocycles. The average molecular weight is 229 g/mol. The Morgan fingerprint density at radius 2 is 2.47 bits per heavy atom. The second-order valence-corrected chi connectivity index (χ2v) is 4.41. The molecule has 1 heterocycles. The van der Waals surface area contributed by atoms with Crippen molar-refractivity contribution in [3.63, 3.8) is 0 Å². The molecule has 0 unspecified atom stereocenters. The first kappa shape index (κ1) is 10.5. The van der Waals surface area contributed by atoms with Gasteiger partial charge in [-0.25, -0.2) is 0 Å². The number of hydrogen-bond donors (Lipinski definition) is 1. The summed E-state index contributed by atoms with van der Waals surface area (Å²) in [5, 5.41) is 6.46. The summed E-state index contributed by atoms with van der Waals surface area (Å²) in [4.78, 5) is 11.6. The van der Waals surface area contributed by atoms with Gasteiger partial charge in [-0.15, -0.1) is 11.6 Å². The average Bonchev–Trinajstić information content (AvgIpc) is 2.90. The van der Waals surface area contributed by atoms with Gasteiger partial charge in [0.2, 0.25) is 0 Å². The monoisotopic (exact) mass is 228 g/mol. The van der Waals surface area contributed by atoms with Gasteiger partial charge >= 0.3 is 0 Å². The fourth-order valence-corrected chi connectivity index (χ4v) is 1.73. The van der Waals surface area contributed by atoms with Crippen molar-refractivity contribution in [2.24, 2.45) is 5.41 Å². The molecule has 0 aromatic carbocycles. The first-order valence-electron chi connectivity index (χ1n) is 4.93. The van der Waals surface area contributed by atoms with Crippen LogP contribution in [0.2, 0.25) is 0 Å². The van der Waals surface area contributed by atoms with Crippen LogP contribution < -0.4 is 5.32 Å². The molecule has 1 aromatic heterocycles. The molecule has 0 bridgehead atoms. The van der Waals surface area contributed by atoms with Crippen molar-refractivity contribution in [3.05, 3.63) is 17.5 Å². The van der Waals surface area contributed by atoms with Crippen molar-refractivity contribution in [1.82, 2.24) is 10.5 Å². The second-order valence-electron chi connectivity index (χ2n) is 4.14. The molecule has 1 aliphatic carbocycles. The summed E-state index contributed by atoms with van der Waals surface area (Å²) in [6, 6.07) is 1.62. The van der Waals surface area contributed by atoms with Crippen LogP contribution in [0.25, 0.3) is 0 Å². The quantitative estimate of drug-likeness (QED) is 0.799. The standard InChI is InChI=1S/C10H13ClN2O2/c1-7-4-8(13-15-7)9(14)12-6-10(5-11)2-3-10/h4H,2-3,5-6H2,1H3,(H,12,14). The zero-order chi connectivity index (χ0) is 10.9. The van der Waals surface area contributed by atoms with E-state index in [1.807, 2.05) is 0 Å². The summed E-state index contributed by atoms with van der Waals surface area (Å²) in [5.41, 5.74) is 0.466. The van der Waals surface area contributed by atoms with Crippen LogP contribution in [0.15, 0.2) is 10.6 Å². The predicted molar refractivity (Wildman–Crippen MR) is 56.0 cm³/mol. The number of aromatic nitrogens is 1. The van der Waals surface area contributed by atoms with E-state index in [2.05, 4.69) is 10.5 Å². The van der Waals surface area contributed by atoms with Crippen LogP contribution in [0, 0.1) is 12.3 Å². The number of halogens is 1. The fraction of sp³-hybridized carbons (Fsp3) is 0.600. The lowest BCUT2D eigenvalue weighted by Crippen LogP contribution is -2.31. The van der Waals surface area contributed by atoms with Crippen molar-refractivity contribution in [2.75, 3.05) is 12.4 Å². The summed E-state index contributed by atoms with van der Waals surface area (Å²) in [7, 11) is 0. The zero-order valence-corrected chi connectivity index (χ0v) is 9.30. The van der Waals surface area contributed by atoms with Crippen molar-refractivity contribution in [2.45, 2.75) is 19.8 Å². The maximum atomic E-state index is 11.6. The fourth-order valence-electron chi connectivity index (χ4n) is 1.37. The van der Waals surface area contributed by atoms with Gasteiger partial charge in [-0.3, -0.25) is 4.79 Å². The number of carbonyl (C=O) groups is 1. The van der Waals surface area contributed by atoms with Crippen LogP contribution in [0.4, 0.5) is 0 Å². The molecule has 1 saturated carbocycles. The number of nitrogens with zero attached hydrogens (tertiary/aromatic N) is 1. The molecule has 82 valence electrons. The minimum atomic E-state index is -0.191. The lowest BCUT2D eigenvalue weighted by Gasteiger charge is -2.10. The number of carbonyl (C=O) groups excluding carboxylic acids is 1. The molecule has 0 spiro atoms. The van der Waals surface area contributed by atoms with Crippen LogP contribution in [-0.4, -0.2) is 23.5 Å². The highest BCUT2D eigenvalue weighted by atomic mass is 35.5. The number of amides is 1. The minimum absolute atomic E-state index is 0.135. The van der Waals surface area contributed by atoms with Crippen LogP contribution in [0.1, 0.15) is 29.1 Å². The Morgan fingerprint density at radius 1 is 1.73 bits per heavy atom. The molecule has 0 radical (unpaired) electrons. The molecule has 1 amide bonds. The van der Waals surface area contributed by atoms with Gasteiger partial charge in [-0.2, -0.15) is 0 Å². The lowest BCUT2D eigenvalue weighted by molar-refractivity contribution is 0.0937. The van der Waals surface area contributed by atoms with Crippen molar-refractivity contribution < 1.29 is 9.32 Å². The largest absolute Gasteiger partial charge is 0.361 e. The molecule has 1 fully saturated rings. The molecule has 5 heteroatoms. The molecular weight excluding hydrogens is 216 g/mol. The van der Waals surface area contributed by atoms with E-state index >= 15 is 0 Å². The first-order chi connectivity index (χ1) is 7.15. The highest BCUT2D eigenvalue weighted by Crippen LogP contribution is 2.45. The normalized spacial score (nSPS) is 17.5. The van der Waals surface area contributed by atoms with Gasteiger partial charge in [0.05, 0.1) is 0 Å². The molecule has 1 aromatic rings. The van der Waals surface area contributed by atoms with Crippen molar-refractivity contribution in [1.29, 1.82) is 0 Å². The van der Waals surface area contributed by atoms with Crippen LogP contribution in [0.5, 0.6) is 0 Å². The maximum absolute atomic E-state index is 11.6. The van der Waals surface area contributed by atoms with Gasteiger partial charge in [0.1, 0.15) is 5.76 Å². The highest BCUT2D eigenvalue weighted by molar-refractivity contribution is 6.18. The van der Waals surface area contributed by atoms with Gasteiger partial charge in [-0.1, -0.05) is 5.16 Å². The topological polar surface area (TPSA) is 55.1 Å². The second kappa shape index (κ2) is 3.85. The van der Waals surface area contributed by atoms with Gasteiger partial charge in [-0.05, 0) is 19.8 Å². The highest BCUT2D eigenvalue weighted by Gasteiger charge is 2.41. The molecule has 4 nitrogen and oxygen atoms in total. The number of hydrogen-bond acceptors (Lipinski definition) is 3. The molecular formula is C10H13ClN2O2. The maximum Gasteiger partial charge on any atom is 0.273 e. The van der Waals surface area contributed by atoms with E-state index in [0.29, 0.717) is 23.9 Å². The third kappa shape index (κ3) is 2.31. The van der Waals surface area contributed by atoms with E-state index < -0.39 is 0 Å². The van der Waals surface area contributed by atoms with E-state index in [1.165, 1.54) is 0 Å². The SMILES string of the molecule is Cc1cc(C(=O)NCC2(CCl)CC2)no1. The summed E-state index contributed by atoms with van der Waals surface area (Å²) in [6.07, 6.45) is 2.18. The van der Waals surface area contributed by atoms with Crippen LogP contribution in [0.3, 0.4) is 0 Å². The van der Waals surface area contributed by atoms with Crippen molar-refractivity contribution >= 4 is 17.5 Å². The van der Waals surface area contributed by atoms with Crippen LogP contribution in [-0.2, 0) is 0 Å². The van der Waals surface area contributed by atoms with E-state index in [-0.39, 0.29) is 11.3 Å². The van der Waals surface area contributed by atoms with Gasteiger partial charge in [0, 0.05) is 23.9 Å². The molecule has 0 atom stereocenters. The predicted octanol–water partition coefficient (Wildman–Crippen LogP) is 1.73. The molecule has 1 N–H and O–H groups in total. The Kier molecular flexibility index (Phi) is 2.69. The third-order valence-corrected chi connectivity index (χ3v) is 3.29. The first-order valence-corrected chi connectivity index (χ1v) is 5.46. The van der Waals surface area contributed by atoms with Gasteiger partial charge < -0.3 is 9.84 Å². The number of rotatable bonds is 4. The number of nitrogens with one attached hydrogen (secondary N) is 1. The molecule has 15 heavy (non-hydrogen) atoms. The number of alkyl halides is 1. The zero-order valence-electron chi connectivity index (χ0n) is 8.55. The van der Waals surface area contributed by atoms with Crippen molar-refractivity contribution in [3.8, 4) is 0 Å². The smallest absolute Gasteiger partial charge is 0.273 e. The summed E-state index contributed by atoms with van der Waals surface area (Å²) >= 11 is 5.80. The Hall–Kier alpha value is -1.03. The summed E-state index contributed by atoms with van der Waals surface area (Å²) in [5.74, 6) is 1.05. The summed E-state index contributed by atoms with van der Waals surface area (Å²) in [6.45, 7) is 2.38. The van der Waals surface area contributed by atoms with Gasteiger partial charge in [0.15, 0.2) is 5.69 Å². The Bertz CT molecular complexity index is 371. The van der Waals surface area contributed by atoms with E-state index in [4.69, 9.17) is 16.1 Å². The molecule has 2 rings (SSSR count). The van der Waals surface area contributed by atoms with Crippen LogP contribution >= 0.6 is 11.6 Å². The molecule has 1 aliphatic rings. The van der Waals surface area contributed by atoms with Gasteiger partial charge in [0.25, 0.3) is 5.91 Å². The lowest BCUT2D eigenvalue weighted by atomic mass is 10.1. The Labute approximate surface area is 93.0 Å². The van der Waals surface area contributed by atoms with E-state index in [1.54, 1.807) is 13.0 Å². The van der Waals surface area contributed by atoms with E-state index in [9.17, 15) is 4.79 Å². The Morgan fingerprint density at radius 3 is 2.93 bits per heavy atom. The molecule has 0 saturated heterocycles. The third-order valence-electron chi connectivity index (χ3n) is 2.73. The van der Waals surface area contributed by atoms with E-state index in [0.717, 1.165) is 12.8 Å². The minimum Gasteiger partial charge on any atom is -0.361 e. The number of aryl methyl sites for hydroxylation is 1. The Balaban J connectivity index is 1.88. The summed E-state index contributed by atoms with van der Waals surface area (Å²) < 4.78 is 4.82.